The third kappa shape index (κ3) is 4.09. The van der Waals surface area contributed by atoms with E-state index in [0.717, 1.165) is 63.6 Å². The van der Waals surface area contributed by atoms with E-state index in [-0.39, 0.29) is 29.3 Å². The Hall–Kier alpha value is -2.92. The Bertz CT molecular complexity index is 935. The molecule has 1 unspecified atom stereocenters. The number of hydrogen-bond acceptors (Lipinski definition) is 6. The van der Waals surface area contributed by atoms with Gasteiger partial charge in [-0.15, -0.1) is 20.4 Å². The first-order valence-electron chi connectivity index (χ1n) is 10.8. The Morgan fingerprint density at radius 1 is 1.09 bits per heavy atom. The van der Waals surface area contributed by atoms with Gasteiger partial charge in [0.25, 0.3) is 0 Å². The number of ether oxygens (including phenoxy) is 1. The number of aromatic nitrogens is 5. The number of likely N-dealkylation sites (tertiary alicyclic amines) is 2. The summed E-state index contributed by atoms with van der Waals surface area (Å²) in [4.78, 5) is 19.7. The number of urea groups is 1. The Kier molecular flexibility index (Phi) is 5.17. The summed E-state index contributed by atoms with van der Waals surface area (Å²) in [5, 5.41) is 14.6. The molecule has 1 N–H and O–H groups in total. The summed E-state index contributed by atoms with van der Waals surface area (Å²) in [6.45, 7) is 2.85. The van der Waals surface area contributed by atoms with E-state index < -0.39 is 11.9 Å². The average molecular weight is 451 g/mol. The van der Waals surface area contributed by atoms with Crippen LogP contribution in [-0.2, 0) is 6.18 Å². The zero-order valence-electron chi connectivity index (χ0n) is 17.4. The largest absolute Gasteiger partial charge is 0.473 e. The van der Waals surface area contributed by atoms with Crippen molar-refractivity contribution in [1.29, 1.82) is 0 Å². The van der Waals surface area contributed by atoms with Gasteiger partial charge in [-0.2, -0.15) is 13.2 Å². The molecule has 0 bridgehead atoms. The van der Waals surface area contributed by atoms with Gasteiger partial charge in [-0.3, -0.25) is 0 Å². The maximum atomic E-state index is 12.9. The predicted molar refractivity (Wildman–Crippen MR) is 105 cm³/mol. The number of H-pyrrole nitrogens is 1. The summed E-state index contributed by atoms with van der Waals surface area (Å²) in [6, 6.07) is 2.18. The van der Waals surface area contributed by atoms with Crippen molar-refractivity contribution in [3.05, 3.63) is 30.0 Å². The molecule has 1 atom stereocenters. The molecule has 0 aromatic carbocycles. The number of alkyl halides is 3. The van der Waals surface area contributed by atoms with Crippen molar-refractivity contribution in [3.8, 4) is 5.88 Å². The monoisotopic (exact) mass is 451 g/mol. The molecule has 2 saturated heterocycles. The van der Waals surface area contributed by atoms with E-state index in [1.54, 1.807) is 6.33 Å². The van der Waals surface area contributed by atoms with E-state index in [2.05, 4.69) is 25.4 Å². The van der Waals surface area contributed by atoms with Crippen LogP contribution in [0.2, 0.25) is 0 Å². The first kappa shape index (κ1) is 21.0. The predicted octanol–water partition coefficient (Wildman–Crippen LogP) is 2.85. The van der Waals surface area contributed by atoms with Crippen LogP contribution in [0.5, 0.6) is 5.88 Å². The van der Waals surface area contributed by atoms with E-state index in [1.165, 1.54) is 6.07 Å². The molecule has 3 fully saturated rings. The van der Waals surface area contributed by atoms with Crippen LogP contribution in [0.3, 0.4) is 0 Å². The second-order valence-corrected chi connectivity index (χ2v) is 9.02. The summed E-state index contributed by atoms with van der Waals surface area (Å²) in [7, 11) is 0. The topological polar surface area (TPSA) is 100 Å². The molecule has 2 aromatic heterocycles. The van der Waals surface area contributed by atoms with Gasteiger partial charge in [0.2, 0.25) is 5.88 Å². The highest BCUT2D eigenvalue weighted by molar-refractivity contribution is 5.76. The average Bonchev–Trinajstić information content (AvgIpc) is 3.44. The van der Waals surface area contributed by atoms with Crippen molar-refractivity contribution in [2.24, 2.45) is 5.41 Å². The maximum absolute atomic E-state index is 12.9. The number of halogens is 3. The highest BCUT2D eigenvalue weighted by Crippen LogP contribution is 2.45. The van der Waals surface area contributed by atoms with E-state index in [9.17, 15) is 18.0 Å². The quantitative estimate of drug-likeness (QED) is 0.770. The Morgan fingerprint density at radius 2 is 1.88 bits per heavy atom. The third-order valence-electron chi connectivity index (χ3n) is 6.82. The second kappa shape index (κ2) is 7.89. The number of amides is 2. The van der Waals surface area contributed by atoms with Crippen LogP contribution < -0.4 is 4.74 Å². The minimum absolute atomic E-state index is 0.0797. The number of carbonyl (C=O) groups is 1. The van der Waals surface area contributed by atoms with E-state index in [4.69, 9.17) is 4.74 Å². The van der Waals surface area contributed by atoms with Crippen molar-refractivity contribution >= 4 is 6.03 Å². The van der Waals surface area contributed by atoms with Gasteiger partial charge in [-0.05, 0) is 38.2 Å². The molecule has 4 heterocycles. The van der Waals surface area contributed by atoms with Crippen LogP contribution in [0, 0.1) is 5.41 Å². The zero-order valence-corrected chi connectivity index (χ0v) is 17.4. The fraction of sp³-hybridized carbons (Fsp3) is 0.650. The van der Waals surface area contributed by atoms with Gasteiger partial charge >= 0.3 is 12.2 Å². The summed E-state index contributed by atoms with van der Waals surface area (Å²) >= 11 is 0. The van der Waals surface area contributed by atoms with E-state index in [1.807, 2.05) is 9.80 Å². The molecule has 2 aliphatic heterocycles. The SMILES string of the molecule is O=C(N1CCC(c2nnc[nH]2)C1)N1CC2(CCC(Oc3ccc(C(F)(F)F)nn3)CC2)C1. The smallest absolute Gasteiger partial charge is 0.435 e. The summed E-state index contributed by atoms with van der Waals surface area (Å²) in [6.07, 6.45) is 1.21. The second-order valence-electron chi connectivity index (χ2n) is 9.02. The fourth-order valence-electron chi connectivity index (χ4n) is 5.01. The molecule has 5 rings (SSSR count). The molecular formula is C20H24F3N7O2. The van der Waals surface area contributed by atoms with E-state index >= 15 is 0 Å². The Morgan fingerprint density at radius 3 is 2.50 bits per heavy atom. The highest BCUT2D eigenvalue weighted by atomic mass is 19.4. The van der Waals surface area contributed by atoms with E-state index in [0.29, 0.717) is 6.54 Å². The normalized spacial score (nSPS) is 23.4. The van der Waals surface area contributed by atoms with Crippen molar-refractivity contribution < 1.29 is 22.7 Å². The molecule has 2 amide bonds. The number of nitrogens with zero attached hydrogens (tertiary/aromatic N) is 6. The number of carbonyl (C=O) groups excluding carboxylic acids is 1. The molecule has 9 nitrogen and oxygen atoms in total. The van der Waals surface area contributed by atoms with Gasteiger partial charge in [0.15, 0.2) is 5.69 Å². The third-order valence-corrected chi connectivity index (χ3v) is 6.82. The molecule has 2 aromatic rings. The fourth-order valence-corrected chi connectivity index (χ4v) is 5.01. The minimum atomic E-state index is -4.51. The Labute approximate surface area is 182 Å². The van der Waals surface area contributed by atoms with Gasteiger partial charge in [-0.25, -0.2) is 4.79 Å². The zero-order chi connectivity index (χ0) is 22.3. The number of nitrogens with one attached hydrogen (secondary N) is 1. The van der Waals surface area contributed by atoms with Gasteiger partial charge in [0.1, 0.15) is 18.3 Å². The molecular weight excluding hydrogens is 427 g/mol. The van der Waals surface area contributed by atoms with Crippen LogP contribution in [0.25, 0.3) is 0 Å². The summed E-state index contributed by atoms with van der Waals surface area (Å²) in [5.41, 5.74) is -0.914. The van der Waals surface area contributed by atoms with Gasteiger partial charge in [-0.1, -0.05) is 0 Å². The molecule has 3 aliphatic rings. The first-order chi connectivity index (χ1) is 15.3. The van der Waals surface area contributed by atoms with Crippen molar-refractivity contribution in [2.75, 3.05) is 26.2 Å². The molecule has 1 saturated carbocycles. The van der Waals surface area contributed by atoms with Crippen LogP contribution in [-0.4, -0.2) is 73.5 Å². The molecule has 1 spiro atoms. The maximum Gasteiger partial charge on any atom is 0.435 e. The summed E-state index contributed by atoms with van der Waals surface area (Å²) < 4.78 is 43.5. The van der Waals surface area contributed by atoms with Crippen molar-refractivity contribution in [1.82, 2.24) is 35.2 Å². The Balaban J connectivity index is 1.08. The van der Waals surface area contributed by atoms with Crippen LogP contribution >= 0.6 is 0 Å². The lowest BCUT2D eigenvalue weighted by Gasteiger charge is -2.53. The molecule has 12 heteroatoms. The number of aromatic amines is 1. The van der Waals surface area contributed by atoms with Gasteiger partial charge in [0.05, 0.1) is 0 Å². The van der Waals surface area contributed by atoms with Gasteiger partial charge < -0.3 is 19.5 Å². The van der Waals surface area contributed by atoms with Crippen molar-refractivity contribution in [3.63, 3.8) is 0 Å². The first-order valence-corrected chi connectivity index (χ1v) is 10.8. The lowest BCUT2D eigenvalue weighted by Crippen LogP contribution is -2.62. The lowest BCUT2D eigenvalue weighted by atomic mass is 9.68. The molecule has 32 heavy (non-hydrogen) atoms. The van der Waals surface area contributed by atoms with Gasteiger partial charge in [0, 0.05) is 43.6 Å². The standard InChI is InChI=1S/C20H24F3N7O2/c21-20(22,23)15-1-2-16(27-26-15)32-14-3-6-19(7-4-14)10-30(11-19)18(31)29-8-5-13(9-29)17-24-12-25-28-17/h1-2,12-14H,3-11H2,(H,24,25,28). The minimum Gasteiger partial charge on any atom is -0.473 e. The molecule has 172 valence electrons. The van der Waals surface area contributed by atoms with Crippen LogP contribution in [0.4, 0.5) is 18.0 Å². The number of rotatable bonds is 3. The van der Waals surface area contributed by atoms with Crippen LogP contribution in [0.15, 0.2) is 18.5 Å². The molecule has 1 aliphatic carbocycles. The number of hydrogen-bond donors (Lipinski definition) is 1. The lowest BCUT2D eigenvalue weighted by molar-refractivity contribution is -0.141. The van der Waals surface area contributed by atoms with Crippen LogP contribution in [0.1, 0.15) is 49.5 Å². The van der Waals surface area contributed by atoms with Crippen molar-refractivity contribution in [2.45, 2.75) is 50.3 Å². The molecule has 0 radical (unpaired) electrons. The summed E-state index contributed by atoms with van der Waals surface area (Å²) in [5.74, 6) is 1.15. The highest BCUT2D eigenvalue weighted by Gasteiger charge is 2.48.